The van der Waals surface area contributed by atoms with Gasteiger partial charge in [-0.2, -0.15) is 0 Å². The number of aromatic nitrogens is 2. The van der Waals surface area contributed by atoms with E-state index in [2.05, 4.69) is 5.32 Å². The molecule has 0 saturated heterocycles. The van der Waals surface area contributed by atoms with Crippen LogP contribution in [-0.4, -0.2) is 40.3 Å². The molecule has 1 aromatic heterocycles. The van der Waals surface area contributed by atoms with Gasteiger partial charge in [0, 0.05) is 7.05 Å². The zero-order valence-corrected chi connectivity index (χ0v) is 13.6. The second-order valence-electron chi connectivity index (χ2n) is 5.57. The molecule has 1 atom stereocenters. The fourth-order valence-corrected chi connectivity index (χ4v) is 2.17. The Balaban J connectivity index is 2.44. The molecule has 0 aliphatic rings. The van der Waals surface area contributed by atoms with E-state index in [1.54, 1.807) is 28.2 Å². The number of nitrogens with zero attached hydrogens (tertiary/aromatic N) is 3. The topological polar surface area (TPSA) is 59.3 Å². The molecule has 0 radical (unpaired) electrons. The number of anilines is 1. The summed E-state index contributed by atoms with van der Waals surface area (Å²) in [6.45, 7) is 3.61. The summed E-state index contributed by atoms with van der Waals surface area (Å²) in [5.41, 5.74) is 1.57. The van der Waals surface area contributed by atoms with Crippen molar-refractivity contribution in [2.45, 2.75) is 19.9 Å². The fraction of sp³-hybridized carbons (Fsp3) is 0.375. The third kappa shape index (κ3) is 2.82. The van der Waals surface area contributed by atoms with Gasteiger partial charge in [0.25, 0.3) is 5.56 Å². The second kappa shape index (κ2) is 6.19. The number of hydrogen-bond donors (Lipinski definition) is 1. The second-order valence-corrected chi connectivity index (χ2v) is 5.57. The van der Waals surface area contributed by atoms with Crippen molar-refractivity contribution in [1.82, 2.24) is 14.3 Å². The lowest BCUT2D eigenvalue weighted by Crippen LogP contribution is -2.38. The number of nitrogens with one attached hydrogen (secondary N) is 1. The summed E-state index contributed by atoms with van der Waals surface area (Å²) >= 11 is 0. The highest BCUT2D eigenvalue weighted by molar-refractivity contribution is 5.94. The molecule has 0 aliphatic carbocycles. The van der Waals surface area contributed by atoms with Crippen LogP contribution in [0, 0.1) is 6.92 Å². The molecule has 2 aromatic rings. The van der Waals surface area contributed by atoms with E-state index in [1.807, 2.05) is 51.4 Å². The summed E-state index contributed by atoms with van der Waals surface area (Å²) < 4.78 is 3.29. The average Bonchev–Trinajstić information content (AvgIpc) is 2.71. The van der Waals surface area contributed by atoms with Crippen LogP contribution in [0.15, 0.2) is 35.1 Å². The van der Waals surface area contributed by atoms with Gasteiger partial charge in [0.2, 0.25) is 5.91 Å². The van der Waals surface area contributed by atoms with E-state index in [0.29, 0.717) is 11.4 Å². The summed E-state index contributed by atoms with van der Waals surface area (Å²) in [5.74, 6) is -0.198. The Morgan fingerprint density at radius 1 is 1.23 bits per heavy atom. The predicted octanol–water partition coefficient (Wildman–Crippen LogP) is 1.37. The number of amides is 1. The number of benzene rings is 1. The lowest BCUT2D eigenvalue weighted by atomic mass is 10.2. The van der Waals surface area contributed by atoms with Crippen LogP contribution in [0.2, 0.25) is 0 Å². The minimum Gasteiger partial charge on any atom is -0.319 e. The quantitative estimate of drug-likeness (QED) is 0.928. The van der Waals surface area contributed by atoms with Gasteiger partial charge in [0.15, 0.2) is 0 Å². The highest BCUT2D eigenvalue weighted by Gasteiger charge is 2.21. The predicted molar refractivity (Wildman–Crippen MR) is 87.5 cm³/mol. The van der Waals surface area contributed by atoms with Crippen LogP contribution in [0.5, 0.6) is 0 Å². The Labute approximate surface area is 129 Å². The molecule has 1 amide bonds. The van der Waals surface area contributed by atoms with Gasteiger partial charge in [0.1, 0.15) is 5.69 Å². The van der Waals surface area contributed by atoms with Crippen molar-refractivity contribution in [1.29, 1.82) is 0 Å². The number of likely N-dealkylation sites (N-methyl/N-ethyl adjacent to an activating group) is 1. The SMILES string of the molecule is Cc1c(NC(=O)C(C)N(C)C)c(=O)n(-c2ccccc2)n1C. The van der Waals surface area contributed by atoms with Crippen LogP contribution < -0.4 is 10.9 Å². The molecule has 1 N–H and O–H groups in total. The molecule has 6 heteroatoms. The largest absolute Gasteiger partial charge is 0.319 e. The smallest absolute Gasteiger partial charge is 0.295 e. The van der Waals surface area contributed by atoms with Crippen molar-refractivity contribution >= 4 is 11.6 Å². The van der Waals surface area contributed by atoms with Crippen LogP contribution in [0.3, 0.4) is 0 Å². The minimum absolute atomic E-state index is 0.198. The molecule has 1 aromatic carbocycles. The molecule has 118 valence electrons. The molecular formula is C16H22N4O2. The van der Waals surface area contributed by atoms with Crippen LogP contribution >= 0.6 is 0 Å². The number of carbonyl (C=O) groups excluding carboxylic acids is 1. The van der Waals surface area contributed by atoms with E-state index >= 15 is 0 Å². The standard InChI is InChI=1S/C16H22N4O2/c1-11-14(17-15(21)12(2)18(3)4)16(22)20(19(11)5)13-9-7-6-8-10-13/h6-10,12H,1-5H3,(H,17,21). The van der Waals surface area contributed by atoms with Crippen molar-refractivity contribution in [3.8, 4) is 5.69 Å². The van der Waals surface area contributed by atoms with Gasteiger partial charge in [-0.25, -0.2) is 4.68 Å². The molecule has 1 heterocycles. The monoisotopic (exact) mass is 302 g/mol. The molecule has 0 saturated carbocycles. The van der Waals surface area contributed by atoms with E-state index in [0.717, 1.165) is 5.69 Å². The van der Waals surface area contributed by atoms with Crippen molar-refractivity contribution in [2.24, 2.45) is 7.05 Å². The fourth-order valence-electron chi connectivity index (χ4n) is 2.17. The van der Waals surface area contributed by atoms with E-state index in [1.165, 1.54) is 0 Å². The Kier molecular flexibility index (Phi) is 4.51. The summed E-state index contributed by atoms with van der Waals surface area (Å²) in [6.07, 6.45) is 0. The molecule has 0 fully saturated rings. The normalized spacial score (nSPS) is 12.5. The molecule has 0 bridgehead atoms. The number of hydrogen-bond acceptors (Lipinski definition) is 3. The summed E-state index contributed by atoms with van der Waals surface area (Å²) in [5, 5.41) is 2.76. The van der Waals surface area contributed by atoms with Crippen LogP contribution in [0.4, 0.5) is 5.69 Å². The number of rotatable bonds is 4. The van der Waals surface area contributed by atoms with Gasteiger partial charge in [-0.15, -0.1) is 0 Å². The van der Waals surface area contributed by atoms with E-state index in [-0.39, 0.29) is 17.5 Å². The Hall–Kier alpha value is -2.34. The first kappa shape index (κ1) is 16.0. The van der Waals surface area contributed by atoms with Gasteiger partial charge < -0.3 is 5.32 Å². The summed E-state index contributed by atoms with van der Waals surface area (Å²) in [4.78, 5) is 26.7. The third-order valence-electron chi connectivity index (χ3n) is 3.96. The van der Waals surface area contributed by atoms with Crippen molar-refractivity contribution in [3.05, 3.63) is 46.4 Å². The van der Waals surface area contributed by atoms with Crippen LogP contribution in [-0.2, 0) is 11.8 Å². The summed E-state index contributed by atoms with van der Waals surface area (Å²) in [7, 11) is 5.45. The highest BCUT2D eigenvalue weighted by Crippen LogP contribution is 2.14. The Morgan fingerprint density at radius 3 is 2.36 bits per heavy atom. The maximum Gasteiger partial charge on any atom is 0.295 e. The van der Waals surface area contributed by atoms with E-state index in [9.17, 15) is 9.59 Å². The van der Waals surface area contributed by atoms with Crippen LogP contribution in [0.1, 0.15) is 12.6 Å². The molecule has 0 spiro atoms. The van der Waals surface area contributed by atoms with Crippen molar-refractivity contribution in [3.63, 3.8) is 0 Å². The van der Waals surface area contributed by atoms with Gasteiger partial charge >= 0.3 is 0 Å². The summed E-state index contributed by atoms with van der Waals surface area (Å²) in [6, 6.07) is 9.03. The zero-order valence-electron chi connectivity index (χ0n) is 13.6. The molecule has 2 rings (SSSR count). The first-order valence-corrected chi connectivity index (χ1v) is 7.16. The maximum absolute atomic E-state index is 12.7. The van der Waals surface area contributed by atoms with E-state index < -0.39 is 0 Å². The van der Waals surface area contributed by atoms with Crippen molar-refractivity contribution in [2.75, 3.05) is 19.4 Å². The molecule has 0 aliphatic heterocycles. The molecule has 22 heavy (non-hydrogen) atoms. The van der Waals surface area contributed by atoms with E-state index in [4.69, 9.17) is 0 Å². The van der Waals surface area contributed by atoms with Crippen molar-refractivity contribution < 1.29 is 4.79 Å². The first-order valence-electron chi connectivity index (χ1n) is 7.16. The first-order chi connectivity index (χ1) is 10.3. The van der Waals surface area contributed by atoms with Gasteiger partial charge in [-0.05, 0) is 40.1 Å². The lowest BCUT2D eigenvalue weighted by Gasteiger charge is -2.18. The average molecular weight is 302 g/mol. The minimum atomic E-state index is -0.316. The number of para-hydroxylation sites is 1. The Bertz CT molecular complexity index is 729. The molecular weight excluding hydrogens is 280 g/mol. The van der Waals surface area contributed by atoms with Crippen LogP contribution in [0.25, 0.3) is 5.69 Å². The third-order valence-corrected chi connectivity index (χ3v) is 3.96. The molecule has 6 nitrogen and oxygen atoms in total. The zero-order chi connectivity index (χ0) is 16.4. The van der Waals surface area contributed by atoms with Gasteiger partial charge in [-0.3, -0.25) is 19.2 Å². The van der Waals surface area contributed by atoms with Gasteiger partial charge in [0.05, 0.1) is 17.4 Å². The number of carbonyl (C=O) groups is 1. The van der Waals surface area contributed by atoms with Gasteiger partial charge in [-0.1, -0.05) is 18.2 Å². The lowest BCUT2D eigenvalue weighted by molar-refractivity contribution is -0.119. The Morgan fingerprint density at radius 2 is 1.82 bits per heavy atom. The highest BCUT2D eigenvalue weighted by atomic mass is 16.2. The maximum atomic E-state index is 12.7. The molecule has 1 unspecified atom stereocenters.